The zero-order valence-corrected chi connectivity index (χ0v) is 21.5. The topological polar surface area (TPSA) is 85.2 Å². The van der Waals surface area contributed by atoms with Crippen molar-refractivity contribution in [2.45, 2.75) is 57.7 Å². The Morgan fingerprint density at radius 1 is 1.03 bits per heavy atom. The number of amides is 1. The number of alkyl halides is 3. The van der Waals surface area contributed by atoms with Gasteiger partial charge in [0, 0.05) is 36.9 Å². The van der Waals surface area contributed by atoms with Crippen LogP contribution in [0.3, 0.4) is 0 Å². The van der Waals surface area contributed by atoms with E-state index in [1.807, 2.05) is 13.0 Å². The lowest BCUT2D eigenvalue weighted by molar-refractivity contribution is -0.137. The molecular weight excluding hydrogens is 497 g/mol. The first-order chi connectivity index (χ1) is 18.2. The van der Waals surface area contributed by atoms with E-state index in [9.17, 15) is 18.0 Å². The number of ether oxygens (including phenoxy) is 1. The summed E-state index contributed by atoms with van der Waals surface area (Å²) in [6.45, 7) is 7.35. The Bertz CT molecular complexity index is 1280. The summed E-state index contributed by atoms with van der Waals surface area (Å²) in [6, 6.07) is 4.72. The van der Waals surface area contributed by atoms with Crippen molar-refractivity contribution in [3.05, 3.63) is 64.9 Å². The normalized spacial score (nSPS) is 20.9. The van der Waals surface area contributed by atoms with Crippen molar-refractivity contribution >= 4 is 11.6 Å². The van der Waals surface area contributed by atoms with E-state index in [0.29, 0.717) is 28.9 Å². The second-order valence-electron chi connectivity index (χ2n) is 9.99. The zero-order chi connectivity index (χ0) is 26.9. The number of morpholine rings is 1. The van der Waals surface area contributed by atoms with Gasteiger partial charge in [0.2, 0.25) is 0 Å². The molecule has 3 aromatic rings. The van der Waals surface area contributed by atoms with Crippen molar-refractivity contribution in [3.8, 4) is 5.82 Å². The van der Waals surface area contributed by atoms with Gasteiger partial charge in [-0.25, -0.2) is 9.67 Å². The molecule has 1 aliphatic carbocycles. The minimum absolute atomic E-state index is 0.194. The molecule has 0 radical (unpaired) electrons. The SMILES string of the molecule is Cc1cc(NC(=O)c2cnn(-c3ccc(C(F)(F)F)cn3)c2C)cnc1[C@H]1CC[C@H](N2CCOCC2)CC1. The van der Waals surface area contributed by atoms with E-state index >= 15 is 0 Å². The molecule has 4 heterocycles. The molecule has 8 nitrogen and oxygen atoms in total. The molecule has 2 aliphatic rings. The summed E-state index contributed by atoms with van der Waals surface area (Å²) in [5, 5.41) is 7.03. The van der Waals surface area contributed by atoms with Crippen LogP contribution < -0.4 is 5.32 Å². The molecule has 2 fully saturated rings. The largest absolute Gasteiger partial charge is 0.417 e. The Labute approximate surface area is 219 Å². The summed E-state index contributed by atoms with van der Waals surface area (Å²) in [5.41, 5.74) is 2.63. The maximum Gasteiger partial charge on any atom is 0.417 e. The van der Waals surface area contributed by atoms with E-state index in [0.717, 1.165) is 75.5 Å². The molecule has 1 aliphatic heterocycles. The van der Waals surface area contributed by atoms with Gasteiger partial charge in [0.15, 0.2) is 5.82 Å². The number of halogens is 3. The number of anilines is 1. The highest BCUT2D eigenvalue weighted by molar-refractivity contribution is 6.04. The van der Waals surface area contributed by atoms with E-state index in [2.05, 4.69) is 20.3 Å². The molecule has 1 saturated heterocycles. The highest BCUT2D eigenvalue weighted by Gasteiger charge is 2.31. The summed E-state index contributed by atoms with van der Waals surface area (Å²) in [7, 11) is 0. The third-order valence-corrected chi connectivity index (χ3v) is 7.57. The van der Waals surface area contributed by atoms with Crippen LogP contribution in [0.1, 0.15) is 64.5 Å². The number of pyridine rings is 2. The smallest absolute Gasteiger partial charge is 0.379 e. The van der Waals surface area contributed by atoms with Gasteiger partial charge in [-0.1, -0.05) is 0 Å². The number of carbonyl (C=O) groups excluding carboxylic acids is 1. The van der Waals surface area contributed by atoms with Gasteiger partial charge in [-0.05, 0) is 63.3 Å². The van der Waals surface area contributed by atoms with Gasteiger partial charge in [-0.2, -0.15) is 18.3 Å². The maximum absolute atomic E-state index is 13.0. The lowest BCUT2D eigenvalue weighted by atomic mass is 9.82. The molecule has 11 heteroatoms. The molecule has 0 unspecified atom stereocenters. The Hall–Kier alpha value is -3.31. The number of rotatable bonds is 5. The first-order valence-corrected chi connectivity index (χ1v) is 12.9. The van der Waals surface area contributed by atoms with E-state index in [4.69, 9.17) is 9.72 Å². The average molecular weight is 529 g/mol. The molecule has 1 amide bonds. The highest BCUT2D eigenvalue weighted by atomic mass is 19.4. The Morgan fingerprint density at radius 2 is 1.76 bits per heavy atom. The molecule has 0 bridgehead atoms. The fraction of sp³-hybridized carbons (Fsp3) is 0.481. The second-order valence-corrected chi connectivity index (χ2v) is 9.99. The fourth-order valence-corrected chi connectivity index (χ4v) is 5.48. The molecule has 1 saturated carbocycles. The number of nitrogens with one attached hydrogen (secondary N) is 1. The maximum atomic E-state index is 13.0. The van der Waals surface area contributed by atoms with Crippen LogP contribution >= 0.6 is 0 Å². The van der Waals surface area contributed by atoms with Gasteiger partial charge in [-0.3, -0.25) is 14.7 Å². The first kappa shape index (κ1) is 26.3. The molecule has 0 atom stereocenters. The molecule has 3 aromatic heterocycles. The molecule has 202 valence electrons. The Balaban J connectivity index is 1.22. The van der Waals surface area contributed by atoms with E-state index in [-0.39, 0.29) is 11.7 Å². The van der Waals surface area contributed by atoms with Gasteiger partial charge in [0.25, 0.3) is 5.91 Å². The van der Waals surface area contributed by atoms with Gasteiger partial charge < -0.3 is 10.1 Å². The standard InChI is InChI=1S/C27H31F3N6O2/c1-17-13-21(15-32-25(17)19-3-6-22(7-4-19)35-9-11-38-12-10-35)34-26(37)23-16-33-36(18(23)2)24-8-5-20(14-31-24)27(28,29)30/h5,8,13-16,19,22H,3-4,6-7,9-12H2,1-2H3,(H,34,37)/t19-,22-. The lowest BCUT2D eigenvalue weighted by Crippen LogP contribution is -2.44. The minimum atomic E-state index is -4.47. The molecule has 38 heavy (non-hydrogen) atoms. The first-order valence-electron chi connectivity index (χ1n) is 12.9. The minimum Gasteiger partial charge on any atom is -0.379 e. The van der Waals surface area contributed by atoms with Crippen LogP contribution in [-0.4, -0.2) is 62.9 Å². The average Bonchev–Trinajstić information content (AvgIpc) is 3.30. The van der Waals surface area contributed by atoms with Crippen LogP contribution in [0.5, 0.6) is 0 Å². The fourth-order valence-electron chi connectivity index (χ4n) is 5.48. The molecule has 0 aromatic carbocycles. The summed E-state index contributed by atoms with van der Waals surface area (Å²) in [5.74, 6) is 0.231. The van der Waals surface area contributed by atoms with Crippen molar-refractivity contribution in [1.82, 2.24) is 24.6 Å². The Morgan fingerprint density at radius 3 is 2.39 bits per heavy atom. The summed E-state index contributed by atoms with van der Waals surface area (Å²) in [6.07, 6.45) is 3.84. The highest BCUT2D eigenvalue weighted by Crippen LogP contribution is 2.36. The predicted octanol–water partition coefficient (Wildman–Crippen LogP) is 4.91. The summed E-state index contributed by atoms with van der Waals surface area (Å²) in [4.78, 5) is 24.1. The number of aromatic nitrogens is 4. The number of aryl methyl sites for hydroxylation is 1. The Kier molecular flexibility index (Phi) is 7.49. The van der Waals surface area contributed by atoms with Gasteiger partial charge in [0.05, 0.1) is 48.1 Å². The van der Waals surface area contributed by atoms with Gasteiger partial charge in [-0.15, -0.1) is 0 Å². The lowest BCUT2D eigenvalue weighted by Gasteiger charge is -2.38. The van der Waals surface area contributed by atoms with Crippen LogP contribution in [0.25, 0.3) is 5.82 Å². The number of hydrogen-bond acceptors (Lipinski definition) is 6. The third-order valence-electron chi connectivity index (χ3n) is 7.57. The van der Waals surface area contributed by atoms with Crippen molar-refractivity contribution in [2.24, 2.45) is 0 Å². The zero-order valence-electron chi connectivity index (χ0n) is 21.5. The van der Waals surface area contributed by atoms with Crippen LogP contribution in [0.2, 0.25) is 0 Å². The van der Waals surface area contributed by atoms with Crippen molar-refractivity contribution in [1.29, 1.82) is 0 Å². The van der Waals surface area contributed by atoms with Crippen molar-refractivity contribution in [2.75, 3.05) is 31.6 Å². The van der Waals surface area contributed by atoms with E-state index in [1.165, 1.54) is 16.9 Å². The molecule has 1 N–H and O–H groups in total. The number of carbonyl (C=O) groups is 1. The van der Waals surface area contributed by atoms with E-state index in [1.54, 1.807) is 13.1 Å². The van der Waals surface area contributed by atoms with Gasteiger partial charge >= 0.3 is 6.18 Å². The van der Waals surface area contributed by atoms with Crippen LogP contribution in [0, 0.1) is 13.8 Å². The van der Waals surface area contributed by atoms with Crippen LogP contribution in [0.15, 0.2) is 36.8 Å². The van der Waals surface area contributed by atoms with Crippen LogP contribution in [0.4, 0.5) is 18.9 Å². The molecule has 5 rings (SSSR count). The molecule has 0 spiro atoms. The third kappa shape index (κ3) is 5.58. The van der Waals surface area contributed by atoms with Crippen molar-refractivity contribution in [3.63, 3.8) is 0 Å². The van der Waals surface area contributed by atoms with Crippen molar-refractivity contribution < 1.29 is 22.7 Å². The predicted molar refractivity (Wildman–Crippen MR) is 135 cm³/mol. The van der Waals surface area contributed by atoms with Gasteiger partial charge in [0.1, 0.15) is 0 Å². The number of nitrogens with zero attached hydrogens (tertiary/aromatic N) is 5. The summed E-state index contributed by atoms with van der Waals surface area (Å²) < 4.78 is 45.3. The molecular formula is C27H31F3N6O2. The quantitative estimate of drug-likeness (QED) is 0.507. The summed E-state index contributed by atoms with van der Waals surface area (Å²) >= 11 is 0. The second kappa shape index (κ2) is 10.8. The number of hydrogen-bond donors (Lipinski definition) is 1. The van der Waals surface area contributed by atoms with Crippen LogP contribution in [-0.2, 0) is 10.9 Å². The monoisotopic (exact) mass is 528 g/mol. The van der Waals surface area contributed by atoms with E-state index < -0.39 is 11.7 Å².